The van der Waals surface area contributed by atoms with Crippen molar-refractivity contribution in [2.45, 2.75) is 26.3 Å². The van der Waals surface area contributed by atoms with E-state index in [0.717, 1.165) is 0 Å². The Labute approximate surface area is 111 Å². The van der Waals surface area contributed by atoms with E-state index in [2.05, 4.69) is 42.2 Å². The van der Waals surface area contributed by atoms with Gasteiger partial charge in [-0.1, -0.05) is 31.9 Å². The fraction of sp³-hybridized carbons (Fsp3) is 0.600. The van der Waals surface area contributed by atoms with E-state index in [9.17, 15) is 4.79 Å². The van der Waals surface area contributed by atoms with Crippen LogP contribution in [0.5, 0.6) is 0 Å². The molecule has 0 aliphatic heterocycles. The Morgan fingerprint density at radius 3 is 2.38 bits per heavy atom. The summed E-state index contributed by atoms with van der Waals surface area (Å²) in [6.07, 6.45) is 0. The number of carbonyl (C=O) groups is 1. The summed E-state index contributed by atoms with van der Waals surface area (Å²) in [5, 5.41) is 4.21. The normalized spacial score (nSPS) is 11.6. The van der Waals surface area contributed by atoms with Gasteiger partial charge < -0.3 is 9.73 Å². The quantitative estimate of drug-likeness (QED) is 0.846. The zero-order chi connectivity index (χ0) is 12.3. The van der Waals surface area contributed by atoms with Gasteiger partial charge in [-0.05, 0) is 13.8 Å². The summed E-state index contributed by atoms with van der Waals surface area (Å²) in [6, 6.07) is 0. The molecule has 0 saturated heterocycles. The number of halogens is 2. The molecule has 0 fully saturated rings. The predicted octanol–water partition coefficient (Wildman–Crippen LogP) is 2.57. The van der Waals surface area contributed by atoms with E-state index in [0.29, 0.717) is 22.2 Å². The number of oxazole rings is 1. The van der Waals surface area contributed by atoms with Gasteiger partial charge in [0, 0.05) is 17.6 Å². The first kappa shape index (κ1) is 13.7. The Bertz CT molecular complexity index is 386. The van der Waals surface area contributed by atoms with Crippen LogP contribution in [0.2, 0.25) is 0 Å². The third-order valence-electron chi connectivity index (χ3n) is 2.11. The molecule has 6 heteroatoms. The van der Waals surface area contributed by atoms with Crippen molar-refractivity contribution in [1.82, 2.24) is 10.3 Å². The van der Waals surface area contributed by atoms with Crippen LogP contribution in [0.3, 0.4) is 0 Å². The van der Waals surface area contributed by atoms with E-state index in [1.54, 1.807) is 13.8 Å². The molecule has 1 heterocycles. The number of rotatable bonds is 4. The van der Waals surface area contributed by atoms with Gasteiger partial charge in [-0.15, -0.1) is 0 Å². The van der Waals surface area contributed by atoms with E-state index in [1.807, 2.05) is 6.92 Å². The molecule has 1 aromatic rings. The molecular formula is C10H14Br2N2O2. The van der Waals surface area contributed by atoms with Crippen molar-refractivity contribution in [2.75, 3.05) is 10.7 Å². The molecule has 0 atom stereocenters. The highest BCUT2D eigenvalue weighted by Gasteiger charge is 2.27. The van der Waals surface area contributed by atoms with Gasteiger partial charge in [-0.25, -0.2) is 4.98 Å². The van der Waals surface area contributed by atoms with Gasteiger partial charge in [0.15, 0.2) is 5.89 Å². The molecule has 0 saturated carbocycles. The molecule has 1 N–H and O–H groups in total. The van der Waals surface area contributed by atoms with Crippen molar-refractivity contribution in [3.63, 3.8) is 0 Å². The zero-order valence-electron chi connectivity index (χ0n) is 9.43. The molecule has 16 heavy (non-hydrogen) atoms. The first-order valence-electron chi connectivity index (χ1n) is 4.80. The van der Waals surface area contributed by atoms with E-state index in [1.165, 1.54) is 0 Å². The van der Waals surface area contributed by atoms with Crippen molar-refractivity contribution < 1.29 is 9.21 Å². The molecule has 90 valence electrons. The Kier molecular flexibility index (Phi) is 4.55. The molecule has 0 aliphatic rings. The maximum atomic E-state index is 11.9. The summed E-state index contributed by atoms with van der Waals surface area (Å²) < 4.78 is 5.26. The minimum absolute atomic E-state index is 0.237. The standard InChI is InChI=1S/C10H14Br2N2O2/c1-6-8(16-7(2)13-6)9(15)14-10(3,4-11)5-12/h4-5H2,1-3H3,(H,14,15). The summed E-state index contributed by atoms with van der Waals surface area (Å²) in [5.41, 5.74) is 0.269. The van der Waals surface area contributed by atoms with Crippen molar-refractivity contribution in [2.24, 2.45) is 0 Å². The third kappa shape index (κ3) is 3.07. The van der Waals surface area contributed by atoms with Crippen LogP contribution in [0.15, 0.2) is 4.42 Å². The van der Waals surface area contributed by atoms with Crippen LogP contribution in [-0.2, 0) is 0 Å². The zero-order valence-corrected chi connectivity index (χ0v) is 12.6. The van der Waals surface area contributed by atoms with Crippen LogP contribution in [0, 0.1) is 13.8 Å². The van der Waals surface area contributed by atoms with Gasteiger partial charge in [-0.2, -0.15) is 0 Å². The van der Waals surface area contributed by atoms with Crippen molar-refractivity contribution in [3.05, 3.63) is 17.3 Å². The van der Waals surface area contributed by atoms with Gasteiger partial charge in [0.05, 0.1) is 11.2 Å². The molecule has 4 nitrogen and oxygen atoms in total. The molecule has 0 radical (unpaired) electrons. The molecular weight excluding hydrogens is 340 g/mol. The predicted molar refractivity (Wildman–Crippen MR) is 69.4 cm³/mol. The van der Waals surface area contributed by atoms with Crippen LogP contribution >= 0.6 is 31.9 Å². The maximum absolute atomic E-state index is 11.9. The lowest BCUT2D eigenvalue weighted by Gasteiger charge is -2.25. The van der Waals surface area contributed by atoms with Gasteiger partial charge in [0.2, 0.25) is 5.76 Å². The molecule has 0 aliphatic carbocycles. The number of amides is 1. The van der Waals surface area contributed by atoms with Crippen molar-refractivity contribution in [1.29, 1.82) is 0 Å². The van der Waals surface area contributed by atoms with Crippen LogP contribution in [0.25, 0.3) is 0 Å². The van der Waals surface area contributed by atoms with Crippen LogP contribution in [-0.4, -0.2) is 27.1 Å². The van der Waals surface area contributed by atoms with E-state index in [4.69, 9.17) is 4.42 Å². The smallest absolute Gasteiger partial charge is 0.289 e. The summed E-state index contributed by atoms with van der Waals surface area (Å²) in [6.45, 7) is 5.41. The topological polar surface area (TPSA) is 55.1 Å². The number of alkyl halides is 2. The second-order valence-electron chi connectivity index (χ2n) is 3.93. The Morgan fingerprint density at radius 1 is 1.44 bits per heavy atom. The highest BCUT2D eigenvalue weighted by molar-refractivity contribution is 9.09. The van der Waals surface area contributed by atoms with Gasteiger partial charge in [0.25, 0.3) is 5.91 Å². The second kappa shape index (κ2) is 5.31. The minimum Gasteiger partial charge on any atom is -0.436 e. The Hall–Kier alpha value is -0.360. The van der Waals surface area contributed by atoms with Gasteiger partial charge in [-0.3, -0.25) is 4.79 Å². The highest BCUT2D eigenvalue weighted by atomic mass is 79.9. The molecule has 0 aromatic carbocycles. The van der Waals surface area contributed by atoms with E-state index < -0.39 is 0 Å². The van der Waals surface area contributed by atoms with Crippen LogP contribution in [0.1, 0.15) is 29.1 Å². The maximum Gasteiger partial charge on any atom is 0.289 e. The third-order valence-corrected chi connectivity index (χ3v) is 4.59. The summed E-state index contributed by atoms with van der Waals surface area (Å²) in [7, 11) is 0. The molecule has 0 bridgehead atoms. The first-order valence-corrected chi connectivity index (χ1v) is 7.04. The monoisotopic (exact) mass is 352 g/mol. The number of nitrogens with one attached hydrogen (secondary N) is 1. The number of carbonyl (C=O) groups excluding carboxylic acids is 1. The molecule has 0 unspecified atom stereocenters. The fourth-order valence-corrected chi connectivity index (χ4v) is 2.38. The molecule has 1 rings (SSSR count). The molecule has 1 amide bonds. The lowest BCUT2D eigenvalue weighted by molar-refractivity contribution is 0.0892. The summed E-state index contributed by atoms with van der Waals surface area (Å²) >= 11 is 6.73. The average molecular weight is 354 g/mol. The van der Waals surface area contributed by atoms with E-state index >= 15 is 0 Å². The second-order valence-corrected chi connectivity index (χ2v) is 5.05. The lowest BCUT2D eigenvalue weighted by atomic mass is 10.1. The largest absolute Gasteiger partial charge is 0.436 e. The highest BCUT2D eigenvalue weighted by Crippen LogP contribution is 2.15. The minimum atomic E-state index is -0.343. The average Bonchev–Trinajstić information content (AvgIpc) is 2.57. The fourth-order valence-electron chi connectivity index (χ4n) is 1.18. The summed E-state index contributed by atoms with van der Waals surface area (Å²) in [4.78, 5) is 16.0. The number of hydrogen-bond acceptors (Lipinski definition) is 3. The van der Waals surface area contributed by atoms with Gasteiger partial charge >= 0.3 is 0 Å². The van der Waals surface area contributed by atoms with Gasteiger partial charge in [0.1, 0.15) is 0 Å². The number of nitrogens with zero attached hydrogens (tertiary/aromatic N) is 1. The number of aromatic nitrogens is 1. The first-order chi connectivity index (χ1) is 7.41. The number of hydrogen-bond donors (Lipinski definition) is 1. The SMILES string of the molecule is Cc1nc(C)c(C(=O)NC(C)(CBr)CBr)o1. The van der Waals surface area contributed by atoms with Crippen LogP contribution < -0.4 is 5.32 Å². The van der Waals surface area contributed by atoms with E-state index in [-0.39, 0.29) is 17.2 Å². The van der Waals surface area contributed by atoms with Crippen molar-refractivity contribution >= 4 is 37.8 Å². The summed E-state index contributed by atoms with van der Waals surface area (Å²) in [5.74, 6) is 0.548. The molecule has 1 aromatic heterocycles. The van der Waals surface area contributed by atoms with Crippen LogP contribution in [0.4, 0.5) is 0 Å². The van der Waals surface area contributed by atoms with Crippen molar-refractivity contribution in [3.8, 4) is 0 Å². The number of aryl methyl sites for hydroxylation is 2. The lowest BCUT2D eigenvalue weighted by Crippen LogP contribution is -2.49. The Balaban J connectivity index is 2.84. The molecule has 0 spiro atoms. The Morgan fingerprint density at radius 2 is 2.00 bits per heavy atom.